The number of hydrogen-bond donors (Lipinski definition) is 2. The van der Waals surface area contributed by atoms with Crippen molar-refractivity contribution in [2.75, 3.05) is 18.9 Å². The zero-order chi connectivity index (χ0) is 8.55. The van der Waals surface area contributed by atoms with Crippen molar-refractivity contribution in [2.24, 2.45) is 5.73 Å². The molecule has 1 aliphatic heterocycles. The molecule has 2 rings (SSSR count). The van der Waals surface area contributed by atoms with E-state index in [0.717, 1.165) is 0 Å². The van der Waals surface area contributed by atoms with Crippen molar-refractivity contribution in [1.29, 1.82) is 0 Å². The van der Waals surface area contributed by atoms with Gasteiger partial charge < -0.3 is 20.7 Å². The van der Waals surface area contributed by atoms with Gasteiger partial charge in [-0.25, -0.2) is 0 Å². The Morgan fingerprint density at radius 2 is 2.25 bits per heavy atom. The van der Waals surface area contributed by atoms with Crippen LogP contribution in [0.15, 0.2) is 4.52 Å². The second kappa shape index (κ2) is 2.72. The molecule has 4 N–H and O–H groups in total. The van der Waals surface area contributed by atoms with Gasteiger partial charge >= 0.3 is 0 Å². The third-order valence-corrected chi connectivity index (χ3v) is 1.90. The first-order valence-electron chi connectivity index (χ1n) is 3.70. The molecule has 2 atom stereocenters. The van der Waals surface area contributed by atoms with Crippen LogP contribution < -0.4 is 11.5 Å². The van der Waals surface area contributed by atoms with Gasteiger partial charge in [-0.1, -0.05) is 0 Å². The second-order valence-corrected chi connectivity index (χ2v) is 2.80. The van der Waals surface area contributed by atoms with Gasteiger partial charge in [0.1, 0.15) is 0 Å². The van der Waals surface area contributed by atoms with Crippen LogP contribution in [0.2, 0.25) is 0 Å². The number of aromatic nitrogens is 2. The molecule has 6 heteroatoms. The van der Waals surface area contributed by atoms with Gasteiger partial charge in [0.2, 0.25) is 5.89 Å². The van der Waals surface area contributed by atoms with E-state index in [1.54, 1.807) is 0 Å². The molecule has 2 heterocycles. The van der Waals surface area contributed by atoms with E-state index in [0.29, 0.717) is 19.1 Å². The topological polar surface area (TPSA) is 100 Å². The molecule has 0 amide bonds. The number of rotatable bonds is 1. The monoisotopic (exact) mass is 170 g/mol. The summed E-state index contributed by atoms with van der Waals surface area (Å²) in [4.78, 5) is 3.88. The fraction of sp³-hybridized carbons (Fsp3) is 0.667. The van der Waals surface area contributed by atoms with Gasteiger partial charge in [0.05, 0.1) is 19.1 Å². The van der Waals surface area contributed by atoms with Crippen molar-refractivity contribution in [3.63, 3.8) is 0 Å². The molecule has 6 nitrogen and oxygen atoms in total. The maximum Gasteiger partial charge on any atom is 0.260 e. The van der Waals surface area contributed by atoms with E-state index in [2.05, 4.69) is 10.1 Å². The lowest BCUT2D eigenvalue weighted by atomic mass is 10.1. The molecule has 1 fully saturated rings. The molecule has 66 valence electrons. The fourth-order valence-corrected chi connectivity index (χ4v) is 1.22. The summed E-state index contributed by atoms with van der Waals surface area (Å²) in [5.74, 6) is 0.608. The van der Waals surface area contributed by atoms with E-state index < -0.39 is 0 Å². The molecular formula is C6H10N4O2. The van der Waals surface area contributed by atoms with Crippen LogP contribution in [0.3, 0.4) is 0 Å². The smallest absolute Gasteiger partial charge is 0.260 e. The van der Waals surface area contributed by atoms with E-state index in [-0.39, 0.29) is 17.9 Å². The molecule has 0 aliphatic carbocycles. The van der Waals surface area contributed by atoms with Crippen molar-refractivity contribution >= 4 is 5.95 Å². The first kappa shape index (κ1) is 7.51. The minimum Gasteiger partial charge on any atom is -0.379 e. The van der Waals surface area contributed by atoms with Crippen LogP contribution in [-0.2, 0) is 4.74 Å². The van der Waals surface area contributed by atoms with Gasteiger partial charge in [0.25, 0.3) is 5.95 Å². The zero-order valence-electron chi connectivity index (χ0n) is 6.43. The summed E-state index contributed by atoms with van der Waals surface area (Å²) >= 11 is 0. The van der Waals surface area contributed by atoms with Gasteiger partial charge in [-0.05, 0) is 5.16 Å². The summed E-state index contributed by atoms with van der Waals surface area (Å²) in [6.07, 6.45) is 0. The highest BCUT2D eigenvalue weighted by Crippen LogP contribution is 2.22. The third-order valence-electron chi connectivity index (χ3n) is 1.90. The molecule has 1 aromatic heterocycles. The molecule has 0 radical (unpaired) electrons. The van der Waals surface area contributed by atoms with E-state index in [9.17, 15) is 0 Å². The van der Waals surface area contributed by atoms with Crippen molar-refractivity contribution < 1.29 is 9.26 Å². The molecule has 1 aromatic rings. The predicted molar refractivity (Wildman–Crippen MR) is 40.2 cm³/mol. The molecule has 1 aliphatic rings. The molecule has 1 saturated heterocycles. The van der Waals surface area contributed by atoms with Crippen molar-refractivity contribution in [1.82, 2.24) is 10.1 Å². The minimum atomic E-state index is -0.0650. The van der Waals surface area contributed by atoms with Gasteiger partial charge in [0.15, 0.2) is 0 Å². The lowest BCUT2D eigenvalue weighted by molar-refractivity contribution is 0.187. The summed E-state index contributed by atoms with van der Waals surface area (Å²) in [6, 6.07) is -0.0650. The Hall–Kier alpha value is -1.14. The van der Waals surface area contributed by atoms with Crippen LogP contribution in [0, 0.1) is 0 Å². The highest BCUT2D eigenvalue weighted by molar-refractivity contribution is 5.13. The lowest BCUT2D eigenvalue weighted by Gasteiger charge is -2.05. The zero-order valence-corrected chi connectivity index (χ0v) is 6.43. The van der Waals surface area contributed by atoms with E-state index >= 15 is 0 Å². The molecule has 0 saturated carbocycles. The highest BCUT2D eigenvalue weighted by Gasteiger charge is 2.30. The van der Waals surface area contributed by atoms with Crippen molar-refractivity contribution in [3.05, 3.63) is 5.89 Å². The van der Waals surface area contributed by atoms with E-state index in [1.165, 1.54) is 0 Å². The molecule has 12 heavy (non-hydrogen) atoms. The van der Waals surface area contributed by atoms with Gasteiger partial charge in [-0.3, -0.25) is 0 Å². The van der Waals surface area contributed by atoms with Gasteiger partial charge in [-0.2, -0.15) is 4.98 Å². The summed E-state index contributed by atoms with van der Waals surface area (Å²) in [6.45, 7) is 1.07. The normalized spacial score (nSPS) is 29.4. The Kier molecular flexibility index (Phi) is 1.70. The summed E-state index contributed by atoms with van der Waals surface area (Å²) in [5, 5.41) is 3.48. The van der Waals surface area contributed by atoms with Crippen molar-refractivity contribution in [3.8, 4) is 0 Å². The number of nitrogen functional groups attached to an aromatic ring is 1. The standard InChI is InChI=1S/C6H10N4O2/c7-4-2-11-1-3(4)5-9-6(8)10-12-5/h3-4H,1-2,7H2,(H2,8,10). The molecular weight excluding hydrogens is 160 g/mol. The van der Waals surface area contributed by atoms with Crippen LogP contribution >= 0.6 is 0 Å². The quantitative estimate of drug-likeness (QED) is 0.566. The Morgan fingerprint density at radius 1 is 1.42 bits per heavy atom. The van der Waals surface area contributed by atoms with E-state index in [1.807, 2.05) is 0 Å². The predicted octanol–water partition coefficient (Wildman–Crippen LogP) is -0.907. The fourth-order valence-electron chi connectivity index (χ4n) is 1.22. The number of nitrogens with two attached hydrogens (primary N) is 2. The second-order valence-electron chi connectivity index (χ2n) is 2.80. The first-order chi connectivity index (χ1) is 5.77. The minimum absolute atomic E-state index is 0.00481. The summed E-state index contributed by atoms with van der Waals surface area (Å²) in [7, 11) is 0. The van der Waals surface area contributed by atoms with Gasteiger partial charge in [-0.15, -0.1) is 0 Å². The van der Waals surface area contributed by atoms with Crippen LogP contribution in [0.25, 0.3) is 0 Å². The van der Waals surface area contributed by atoms with Gasteiger partial charge in [0, 0.05) is 6.04 Å². The molecule has 0 bridgehead atoms. The van der Waals surface area contributed by atoms with Crippen molar-refractivity contribution in [2.45, 2.75) is 12.0 Å². The van der Waals surface area contributed by atoms with Crippen LogP contribution in [0.4, 0.5) is 5.95 Å². The molecule has 2 unspecified atom stereocenters. The van der Waals surface area contributed by atoms with Crippen LogP contribution in [0.5, 0.6) is 0 Å². The SMILES string of the molecule is Nc1noc(C2COCC2N)n1. The average molecular weight is 170 g/mol. The van der Waals surface area contributed by atoms with Crippen LogP contribution in [0.1, 0.15) is 11.8 Å². The Bertz CT molecular complexity index is 274. The third kappa shape index (κ3) is 1.15. The number of anilines is 1. The number of hydrogen-bond acceptors (Lipinski definition) is 6. The molecule has 0 spiro atoms. The summed E-state index contributed by atoms with van der Waals surface area (Å²) in [5.41, 5.74) is 11.0. The highest BCUT2D eigenvalue weighted by atomic mass is 16.5. The number of nitrogens with zero attached hydrogens (tertiary/aromatic N) is 2. The average Bonchev–Trinajstić information content (AvgIpc) is 2.58. The lowest BCUT2D eigenvalue weighted by Crippen LogP contribution is -2.27. The Morgan fingerprint density at radius 3 is 2.75 bits per heavy atom. The Labute approximate surface area is 68.9 Å². The van der Waals surface area contributed by atoms with Crippen LogP contribution in [-0.4, -0.2) is 29.4 Å². The van der Waals surface area contributed by atoms with E-state index in [4.69, 9.17) is 20.7 Å². The summed E-state index contributed by atoms with van der Waals surface area (Å²) < 4.78 is 10.0. The molecule has 0 aromatic carbocycles. The maximum atomic E-state index is 5.73. The largest absolute Gasteiger partial charge is 0.379 e. The number of ether oxygens (including phenoxy) is 1. The first-order valence-corrected chi connectivity index (χ1v) is 3.70. The Balaban J connectivity index is 2.19. The maximum absolute atomic E-state index is 5.73.